The molecule has 3 heteroatoms. The molecule has 0 atom stereocenters. The SMILES string of the molecule is SCCc1c2ccccc2cc2c(-c3ccc4ccccc4c3)c3c(CCS)c4ccccc4c(CCS)c3c(-c3ccc4ccccc4c3)c12. The van der Waals surface area contributed by atoms with Crippen molar-refractivity contribution in [3.63, 3.8) is 0 Å². The summed E-state index contributed by atoms with van der Waals surface area (Å²) in [4.78, 5) is 0. The van der Waals surface area contributed by atoms with E-state index in [0.717, 1.165) is 36.5 Å². The molecule has 51 heavy (non-hydrogen) atoms. The van der Waals surface area contributed by atoms with Crippen LogP contribution in [-0.2, 0) is 19.3 Å². The van der Waals surface area contributed by atoms with Crippen molar-refractivity contribution >= 4 is 103 Å². The van der Waals surface area contributed by atoms with Crippen LogP contribution in [0.3, 0.4) is 0 Å². The number of fused-ring (bicyclic) bond motifs is 6. The quantitative estimate of drug-likeness (QED) is 0.101. The van der Waals surface area contributed by atoms with Gasteiger partial charge in [-0.1, -0.05) is 121 Å². The van der Waals surface area contributed by atoms with Crippen LogP contribution < -0.4 is 0 Å². The smallest absolute Gasteiger partial charge is 0.00200 e. The fourth-order valence-electron chi connectivity index (χ4n) is 8.69. The lowest BCUT2D eigenvalue weighted by Crippen LogP contribution is -2.04. The van der Waals surface area contributed by atoms with Gasteiger partial charge in [-0.15, -0.1) is 0 Å². The molecule has 0 saturated heterocycles. The number of benzene rings is 9. The zero-order chi connectivity index (χ0) is 34.5. The summed E-state index contributed by atoms with van der Waals surface area (Å²) in [5.41, 5.74) is 9.23. The first-order valence-corrected chi connectivity index (χ1v) is 19.8. The average molecular weight is 711 g/mol. The van der Waals surface area contributed by atoms with Gasteiger partial charge in [-0.3, -0.25) is 0 Å². The molecule has 248 valence electrons. The molecule has 0 amide bonds. The van der Waals surface area contributed by atoms with Gasteiger partial charge in [-0.05, 0) is 158 Å². The molecule has 0 saturated carbocycles. The summed E-state index contributed by atoms with van der Waals surface area (Å²) in [6.45, 7) is 0. The van der Waals surface area contributed by atoms with E-state index in [9.17, 15) is 0 Å². The summed E-state index contributed by atoms with van der Waals surface area (Å²) in [6, 6.07) is 52.0. The van der Waals surface area contributed by atoms with Crippen molar-refractivity contribution < 1.29 is 0 Å². The second kappa shape index (κ2) is 13.6. The van der Waals surface area contributed by atoms with Crippen LogP contribution in [-0.4, -0.2) is 17.3 Å². The zero-order valence-corrected chi connectivity index (χ0v) is 31.0. The molecule has 0 bridgehead atoms. The predicted molar refractivity (Wildman–Crippen MR) is 235 cm³/mol. The highest BCUT2D eigenvalue weighted by Crippen LogP contribution is 2.51. The summed E-state index contributed by atoms with van der Waals surface area (Å²) in [7, 11) is 0. The number of thiol groups is 3. The van der Waals surface area contributed by atoms with Gasteiger partial charge in [0.25, 0.3) is 0 Å². The Morgan fingerprint density at radius 2 is 0.725 bits per heavy atom. The number of hydrogen-bond acceptors (Lipinski definition) is 3. The van der Waals surface area contributed by atoms with Gasteiger partial charge in [0.15, 0.2) is 0 Å². The summed E-state index contributed by atoms with van der Waals surface area (Å²) < 4.78 is 0. The largest absolute Gasteiger partial charge is 0.179 e. The molecule has 9 rings (SSSR count). The van der Waals surface area contributed by atoms with Crippen molar-refractivity contribution in [3.8, 4) is 22.3 Å². The second-order valence-corrected chi connectivity index (χ2v) is 14.9. The highest BCUT2D eigenvalue weighted by Gasteiger charge is 2.26. The fraction of sp³-hybridized carbons (Fsp3) is 0.125. The van der Waals surface area contributed by atoms with Crippen molar-refractivity contribution in [3.05, 3.63) is 156 Å². The minimum Gasteiger partial charge on any atom is -0.179 e. The first kappa shape index (κ1) is 32.5. The Kier molecular flexibility index (Phi) is 8.68. The molecule has 0 aliphatic carbocycles. The van der Waals surface area contributed by atoms with Crippen LogP contribution in [0, 0.1) is 0 Å². The van der Waals surface area contributed by atoms with Gasteiger partial charge in [0, 0.05) is 0 Å². The van der Waals surface area contributed by atoms with Crippen molar-refractivity contribution in [1.29, 1.82) is 0 Å². The molecular formula is C48H38S3. The van der Waals surface area contributed by atoms with Crippen LogP contribution in [0.15, 0.2) is 140 Å². The van der Waals surface area contributed by atoms with Crippen LogP contribution >= 0.6 is 37.9 Å². The molecule has 0 aliphatic rings. The molecule has 0 spiro atoms. The van der Waals surface area contributed by atoms with Gasteiger partial charge in [0.05, 0.1) is 0 Å². The van der Waals surface area contributed by atoms with E-state index in [1.165, 1.54) is 104 Å². The number of rotatable bonds is 8. The molecule has 9 aromatic carbocycles. The van der Waals surface area contributed by atoms with Crippen molar-refractivity contribution in [2.24, 2.45) is 0 Å². The van der Waals surface area contributed by atoms with E-state index >= 15 is 0 Å². The first-order chi connectivity index (χ1) is 25.2. The van der Waals surface area contributed by atoms with Gasteiger partial charge in [-0.25, -0.2) is 0 Å². The Labute approximate surface area is 315 Å². The number of hydrogen-bond donors (Lipinski definition) is 3. The normalized spacial score (nSPS) is 11.9. The van der Waals surface area contributed by atoms with Gasteiger partial charge >= 0.3 is 0 Å². The maximum Gasteiger partial charge on any atom is -0.00200 e. The Bertz CT molecular complexity index is 2800. The van der Waals surface area contributed by atoms with Gasteiger partial charge in [0.1, 0.15) is 0 Å². The van der Waals surface area contributed by atoms with E-state index in [2.05, 4.69) is 140 Å². The van der Waals surface area contributed by atoms with Gasteiger partial charge < -0.3 is 0 Å². The zero-order valence-electron chi connectivity index (χ0n) is 28.4. The lowest BCUT2D eigenvalue weighted by Gasteiger charge is -2.27. The van der Waals surface area contributed by atoms with Crippen LogP contribution in [0.2, 0.25) is 0 Å². The lowest BCUT2D eigenvalue weighted by molar-refractivity contribution is 1.18. The molecule has 0 unspecified atom stereocenters. The van der Waals surface area contributed by atoms with Crippen LogP contribution in [0.4, 0.5) is 0 Å². The number of aryl methyl sites for hydroxylation is 3. The third kappa shape index (κ3) is 5.41. The Hall–Kier alpha value is -4.41. The summed E-state index contributed by atoms with van der Waals surface area (Å²) in [5, 5.41) is 15.5. The van der Waals surface area contributed by atoms with Gasteiger partial charge in [0.2, 0.25) is 0 Å². The second-order valence-electron chi connectivity index (χ2n) is 13.5. The predicted octanol–water partition coefficient (Wildman–Crippen LogP) is 13.4. The standard InChI is InChI=1S/C48H38S3/c49-24-21-40-37-14-6-5-13-34(37)29-43-44(35-19-17-30-9-1-3-11-32(30)27-35)47-41(22-25-50)38-15-7-8-16-39(38)42(23-26-51)48(47)45(46(40)43)36-20-18-31-10-2-4-12-33(31)28-36/h1-20,27-29,49-51H,21-26H2. The third-order valence-electron chi connectivity index (χ3n) is 10.8. The fourth-order valence-corrected chi connectivity index (χ4v) is 9.36. The van der Waals surface area contributed by atoms with E-state index in [0.29, 0.717) is 0 Å². The highest BCUT2D eigenvalue weighted by atomic mass is 32.1. The molecule has 0 aromatic heterocycles. The average Bonchev–Trinajstić information content (AvgIpc) is 3.18. The van der Waals surface area contributed by atoms with Crippen LogP contribution in [0.5, 0.6) is 0 Å². The molecule has 9 aromatic rings. The Morgan fingerprint density at radius 1 is 0.314 bits per heavy atom. The molecule has 0 radical (unpaired) electrons. The summed E-state index contributed by atoms with van der Waals surface area (Å²) in [5.74, 6) is 2.27. The molecule has 0 nitrogen and oxygen atoms in total. The van der Waals surface area contributed by atoms with Crippen molar-refractivity contribution in [1.82, 2.24) is 0 Å². The van der Waals surface area contributed by atoms with E-state index < -0.39 is 0 Å². The monoisotopic (exact) mass is 710 g/mol. The van der Waals surface area contributed by atoms with E-state index in [4.69, 9.17) is 37.9 Å². The third-order valence-corrected chi connectivity index (χ3v) is 11.4. The first-order valence-electron chi connectivity index (χ1n) is 17.9. The lowest BCUT2D eigenvalue weighted by atomic mass is 9.77. The maximum atomic E-state index is 4.91. The topological polar surface area (TPSA) is 0 Å². The maximum absolute atomic E-state index is 4.91. The molecule has 0 aliphatic heterocycles. The minimum atomic E-state index is 0.757. The van der Waals surface area contributed by atoms with E-state index in [1.807, 2.05) is 0 Å². The van der Waals surface area contributed by atoms with Crippen molar-refractivity contribution in [2.75, 3.05) is 17.3 Å². The Morgan fingerprint density at radius 3 is 1.25 bits per heavy atom. The van der Waals surface area contributed by atoms with E-state index in [1.54, 1.807) is 0 Å². The minimum absolute atomic E-state index is 0.757. The Balaban J connectivity index is 1.63. The van der Waals surface area contributed by atoms with Crippen LogP contribution in [0.25, 0.3) is 86.9 Å². The molecule has 0 heterocycles. The molecular weight excluding hydrogens is 673 g/mol. The van der Waals surface area contributed by atoms with E-state index in [-0.39, 0.29) is 0 Å². The van der Waals surface area contributed by atoms with Gasteiger partial charge in [-0.2, -0.15) is 37.9 Å². The summed E-state index contributed by atoms with van der Waals surface area (Å²) in [6.07, 6.45) is 2.59. The molecule has 0 fully saturated rings. The van der Waals surface area contributed by atoms with Crippen LogP contribution in [0.1, 0.15) is 16.7 Å². The highest BCUT2D eigenvalue weighted by molar-refractivity contribution is 7.80. The summed E-state index contributed by atoms with van der Waals surface area (Å²) >= 11 is 14.7. The molecule has 0 N–H and O–H groups in total. The van der Waals surface area contributed by atoms with Crippen molar-refractivity contribution in [2.45, 2.75) is 19.3 Å².